The number of rotatable bonds is 6. The Hall–Kier alpha value is -3.97. The summed E-state index contributed by atoms with van der Waals surface area (Å²) in [6.45, 7) is 0.643. The molecule has 2 aromatic carbocycles. The molecular weight excluding hydrogens is 444 g/mol. The van der Waals surface area contributed by atoms with Crippen molar-refractivity contribution in [2.24, 2.45) is 0 Å². The van der Waals surface area contributed by atoms with Gasteiger partial charge in [0.15, 0.2) is 5.11 Å². The number of nitrogens with one attached hydrogen (secondary N) is 1. The van der Waals surface area contributed by atoms with E-state index in [2.05, 4.69) is 33.4 Å². The van der Waals surface area contributed by atoms with E-state index in [1.807, 2.05) is 71.4 Å². The van der Waals surface area contributed by atoms with Crippen LogP contribution in [-0.2, 0) is 11.3 Å². The van der Waals surface area contributed by atoms with Crippen LogP contribution in [0.15, 0.2) is 97.3 Å². The molecule has 1 fully saturated rings. The minimum absolute atomic E-state index is 0.150. The minimum Gasteiger partial charge on any atom is -0.465 e. The number of carbonyl (C=O) groups is 1. The van der Waals surface area contributed by atoms with E-state index in [1.54, 1.807) is 12.3 Å². The monoisotopic (exact) mass is 468 g/mol. The number of aromatic nitrogens is 2. The van der Waals surface area contributed by atoms with E-state index >= 15 is 0 Å². The molecule has 170 valence electrons. The van der Waals surface area contributed by atoms with Crippen LogP contribution in [0, 0.1) is 0 Å². The Labute approximate surface area is 203 Å². The lowest BCUT2D eigenvalue weighted by Gasteiger charge is -2.29. The second kappa shape index (κ2) is 9.49. The molecule has 1 aliphatic heterocycles. The van der Waals surface area contributed by atoms with Crippen molar-refractivity contribution in [1.82, 2.24) is 19.8 Å². The van der Waals surface area contributed by atoms with Gasteiger partial charge in [-0.3, -0.25) is 4.98 Å². The summed E-state index contributed by atoms with van der Waals surface area (Å²) in [6, 6.07) is 27.4. The highest BCUT2D eigenvalue weighted by Crippen LogP contribution is 2.40. The summed E-state index contributed by atoms with van der Waals surface area (Å²) < 4.78 is 7.08. The number of nitrogens with zero attached hydrogens (tertiary/aromatic N) is 3. The predicted molar refractivity (Wildman–Crippen MR) is 135 cm³/mol. The maximum atomic E-state index is 12.5. The highest BCUT2D eigenvalue weighted by atomic mass is 32.1. The van der Waals surface area contributed by atoms with Crippen LogP contribution in [-0.4, -0.2) is 32.6 Å². The zero-order chi connectivity index (χ0) is 23.5. The SMILES string of the molecule is COC(=O)c1ccccc1-n1cccc1[C@H]1[C@@H](c2ccccn2)NC(=S)N1Cc1ccccc1. The van der Waals surface area contributed by atoms with Crippen LogP contribution in [0.2, 0.25) is 0 Å². The van der Waals surface area contributed by atoms with Gasteiger partial charge in [0.2, 0.25) is 0 Å². The number of pyridine rings is 1. The molecule has 0 amide bonds. The number of thiocarbonyl (C=S) groups is 1. The molecule has 0 bridgehead atoms. The summed E-state index contributed by atoms with van der Waals surface area (Å²) in [5.41, 5.74) is 4.31. The van der Waals surface area contributed by atoms with Crippen molar-refractivity contribution in [2.45, 2.75) is 18.6 Å². The second-order valence-electron chi connectivity index (χ2n) is 8.05. The molecule has 0 unspecified atom stereocenters. The van der Waals surface area contributed by atoms with Gasteiger partial charge in [0.25, 0.3) is 0 Å². The molecule has 0 radical (unpaired) electrons. The maximum Gasteiger partial charge on any atom is 0.339 e. The van der Waals surface area contributed by atoms with Crippen molar-refractivity contribution >= 4 is 23.3 Å². The molecule has 2 aromatic heterocycles. The number of esters is 1. The first-order valence-electron chi connectivity index (χ1n) is 11.0. The predicted octanol–water partition coefficient (Wildman–Crippen LogP) is 4.83. The molecule has 5 rings (SSSR count). The highest BCUT2D eigenvalue weighted by molar-refractivity contribution is 7.80. The van der Waals surface area contributed by atoms with Gasteiger partial charge >= 0.3 is 5.97 Å². The topological polar surface area (TPSA) is 59.4 Å². The number of ether oxygens (including phenoxy) is 1. The van der Waals surface area contributed by atoms with Gasteiger partial charge in [0, 0.05) is 24.6 Å². The summed E-state index contributed by atoms with van der Waals surface area (Å²) in [4.78, 5) is 19.3. The molecule has 1 saturated heterocycles. The minimum atomic E-state index is -0.377. The lowest BCUT2D eigenvalue weighted by Crippen LogP contribution is -2.30. The fraction of sp³-hybridized carbons (Fsp3) is 0.148. The van der Waals surface area contributed by atoms with Gasteiger partial charge in [-0.15, -0.1) is 0 Å². The molecule has 0 saturated carbocycles. The van der Waals surface area contributed by atoms with Crippen molar-refractivity contribution in [3.8, 4) is 5.69 Å². The third-order valence-corrected chi connectivity index (χ3v) is 6.40. The Bertz CT molecular complexity index is 1310. The van der Waals surface area contributed by atoms with Crippen molar-refractivity contribution in [3.63, 3.8) is 0 Å². The summed E-state index contributed by atoms with van der Waals surface area (Å²) in [5, 5.41) is 4.16. The average Bonchev–Trinajstić information content (AvgIpc) is 3.49. The van der Waals surface area contributed by atoms with Crippen molar-refractivity contribution in [1.29, 1.82) is 0 Å². The fourth-order valence-electron chi connectivity index (χ4n) is 4.50. The molecule has 7 heteroatoms. The Balaban J connectivity index is 1.63. The molecule has 2 atom stereocenters. The van der Waals surface area contributed by atoms with Gasteiger partial charge in [0.1, 0.15) is 0 Å². The summed E-state index contributed by atoms with van der Waals surface area (Å²) in [5.74, 6) is -0.377. The molecule has 1 N–H and O–H groups in total. The van der Waals surface area contributed by atoms with E-state index < -0.39 is 0 Å². The van der Waals surface area contributed by atoms with Crippen LogP contribution in [0.3, 0.4) is 0 Å². The largest absolute Gasteiger partial charge is 0.465 e. The lowest BCUT2D eigenvalue weighted by molar-refractivity contribution is 0.0600. The lowest BCUT2D eigenvalue weighted by atomic mass is 10.0. The molecule has 0 spiro atoms. The van der Waals surface area contributed by atoms with E-state index in [0.717, 1.165) is 22.6 Å². The first-order chi connectivity index (χ1) is 16.7. The Morgan fingerprint density at radius 1 is 1.00 bits per heavy atom. The van der Waals surface area contributed by atoms with E-state index in [9.17, 15) is 4.79 Å². The van der Waals surface area contributed by atoms with Crippen LogP contribution in [0.1, 0.15) is 39.4 Å². The molecular formula is C27H24N4O2S. The van der Waals surface area contributed by atoms with E-state index in [-0.39, 0.29) is 18.1 Å². The Morgan fingerprint density at radius 3 is 2.53 bits per heavy atom. The highest BCUT2D eigenvalue weighted by Gasteiger charge is 2.41. The standard InChI is InChI=1S/C27H24N4O2S/c1-33-26(32)20-12-5-6-14-22(20)30-17-9-15-23(30)25-24(21-13-7-8-16-28-21)29-27(34)31(25)18-19-10-3-2-4-11-19/h2-17,24-25H,18H2,1H3,(H,29,34)/t24-,25+/m1/s1. The molecule has 6 nitrogen and oxygen atoms in total. The van der Waals surface area contributed by atoms with Crippen molar-refractivity contribution in [2.75, 3.05) is 7.11 Å². The van der Waals surface area contributed by atoms with Gasteiger partial charge in [-0.25, -0.2) is 4.79 Å². The smallest absolute Gasteiger partial charge is 0.339 e. The molecule has 3 heterocycles. The van der Waals surface area contributed by atoms with Crippen LogP contribution in [0.4, 0.5) is 0 Å². The van der Waals surface area contributed by atoms with E-state index in [1.165, 1.54) is 7.11 Å². The van der Waals surface area contributed by atoms with Crippen LogP contribution >= 0.6 is 12.2 Å². The van der Waals surface area contributed by atoms with Crippen molar-refractivity contribution in [3.05, 3.63) is 120 Å². The molecule has 1 aliphatic rings. The van der Waals surface area contributed by atoms with Gasteiger partial charge in [0.05, 0.1) is 36.1 Å². The van der Waals surface area contributed by atoms with Gasteiger partial charge in [-0.05, 0) is 54.2 Å². The first kappa shape index (κ1) is 21.9. The van der Waals surface area contributed by atoms with Crippen LogP contribution < -0.4 is 5.32 Å². The van der Waals surface area contributed by atoms with Gasteiger partial charge in [-0.1, -0.05) is 48.5 Å². The Kier molecular flexibility index (Phi) is 6.10. The van der Waals surface area contributed by atoms with Gasteiger partial charge < -0.3 is 19.5 Å². The molecule has 4 aromatic rings. The van der Waals surface area contributed by atoms with Crippen LogP contribution in [0.5, 0.6) is 0 Å². The van der Waals surface area contributed by atoms with Crippen molar-refractivity contribution < 1.29 is 9.53 Å². The third kappa shape index (κ3) is 4.06. The number of para-hydroxylation sites is 1. The number of benzene rings is 2. The molecule has 34 heavy (non-hydrogen) atoms. The van der Waals surface area contributed by atoms with Crippen LogP contribution in [0.25, 0.3) is 5.69 Å². The summed E-state index contributed by atoms with van der Waals surface area (Å²) in [6.07, 6.45) is 3.76. The zero-order valence-electron chi connectivity index (χ0n) is 18.7. The third-order valence-electron chi connectivity index (χ3n) is 6.05. The quantitative estimate of drug-likeness (QED) is 0.323. The summed E-state index contributed by atoms with van der Waals surface area (Å²) >= 11 is 5.82. The van der Waals surface area contributed by atoms with E-state index in [0.29, 0.717) is 17.2 Å². The summed E-state index contributed by atoms with van der Waals surface area (Å²) in [7, 11) is 1.40. The second-order valence-corrected chi connectivity index (χ2v) is 8.44. The maximum absolute atomic E-state index is 12.5. The van der Waals surface area contributed by atoms with E-state index in [4.69, 9.17) is 17.0 Å². The fourth-order valence-corrected chi connectivity index (χ4v) is 4.80. The molecule has 0 aliphatic carbocycles. The average molecular weight is 469 g/mol. The normalized spacial score (nSPS) is 17.4. The number of hydrogen-bond donors (Lipinski definition) is 1. The zero-order valence-corrected chi connectivity index (χ0v) is 19.5. The number of carbonyl (C=O) groups excluding carboxylic acids is 1. The van der Waals surface area contributed by atoms with Gasteiger partial charge in [-0.2, -0.15) is 0 Å². The first-order valence-corrected chi connectivity index (χ1v) is 11.4. The Morgan fingerprint density at radius 2 is 1.76 bits per heavy atom. The number of methoxy groups -OCH3 is 1. The number of hydrogen-bond acceptors (Lipinski definition) is 4.